The molecule has 0 aromatic rings. The molecule has 0 aromatic heterocycles. The van der Waals surface area contributed by atoms with E-state index in [0.29, 0.717) is 13.0 Å². The predicted octanol–water partition coefficient (Wildman–Crippen LogP) is 0.558. The molecule has 9 atom stereocenters. The third kappa shape index (κ3) is 6.77. The van der Waals surface area contributed by atoms with Gasteiger partial charge in [0.15, 0.2) is 0 Å². The molecule has 12 nitrogen and oxygen atoms in total. The number of phosphoric acid groups is 1. The SMILES string of the molecule is CCCC1CC(C(=O)NC(C(C)Cl)C2OC(SC)C(OP(=O)(O)O)C(O)C2O)N(N=O)C1. The number of nitrogens with zero attached hydrogens (tertiary/aromatic N) is 2. The first-order valence-corrected chi connectivity index (χ1v) is 13.5. The maximum atomic E-state index is 13.0. The summed E-state index contributed by atoms with van der Waals surface area (Å²) in [6.07, 6.45) is -2.35. The maximum Gasteiger partial charge on any atom is 0.470 e. The van der Waals surface area contributed by atoms with Gasteiger partial charge >= 0.3 is 7.82 Å². The summed E-state index contributed by atoms with van der Waals surface area (Å²) >= 11 is 7.28. The smallest absolute Gasteiger partial charge is 0.388 e. The molecule has 1 amide bonds. The van der Waals surface area contributed by atoms with E-state index in [1.807, 2.05) is 6.92 Å². The molecule has 186 valence electrons. The van der Waals surface area contributed by atoms with Crippen molar-refractivity contribution in [2.75, 3.05) is 12.8 Å². The Labute approximate surface area is 195 Å². The Hall–Kier alpha value is -0.500. The van der Waals surface area contributed by atoms with Crippen LogP contribution >= 0.6 is 31.2 Å². The Kier molecular flexibility index (Phi) is 10.2. The van der Waals surface area contributed by atoms with E-state index in [1.54, 1.807) is 13.2 Å². The molecule has 0 radical (unpaired) electrons. The van der Waals surface area contributed by atoms with Gasteiger partial charge in [0, 0.05) is 6.54 Å². The number of carbonyl (C=O) groups excluding carboxylic acids is 1. The van der Waals surface area contributed by atoms with Gasteiger partial charge in [0.1, 0.15) is 35.9 Å². The number of phosphoric ester groups is 1. The Morgan fingerprint density at radius 2 is 2.06 bits per heavy atom. The maximum absolute atomic E-state index is 13.0. The van der Waals surface area contributed by atoms with E-state index in [-0.39, 0.29) is 5.92 Å². The molecular formula is C17H31ClN3O9PS. The van der Waals surface area contributed by atoms with Crippen molar-refractivity contribution in [3.8, 4) is 0 Å². The van der Waals surface area contributed by atoms with Crippen molar-refractivity contribution in [1.82, 2.24) is 10.3 Å². The van der Waals surface area contributed by atoms with Crippen molar-refractivity contribution in [1.29, 1.82) is 0 Å². The molecule has 2 aliphatic heterocycles. The molecule has 0 aliphatic carbocycles. The monoisotopic (exact) mass is 519 g/mol. The number of thioether (sulfide) groups is 1. The van der Waals surface area contributed by atoms with Gasteiger partial charge in [0.2, 0.25) is 5.91 Å². The Balaban J connectivity index is 2.18. The summed E-state index contributed by atoms with van der Waals surface area (Å²) in [6.45, 7) is 3.94. The number of hydrogen-bond donors (Lipinski definition) is 5. The fourth-order valence-corrected chi connectivity index (χ4v) is 5.76. The minimum Gasteiger partial charge on any atom is -0.388 e. The van der Waals surface area contributed by atoms with Crippen LogP contribution in [0.2, 0.25) is 0 Å². The Bertz CT molecular complexity index is 700. The number of aliphatic hydroxyl groups excluding tert-OH is 2. The summed E-state index contributed by atoms with van der Waals surface area (Å²) in [7, 11) is -4.98. The van der Waals surface area contributed by atoms with E-state index < -0.39 is 61.0 Å². The number of aliphatic hydroxyl groups is 2. The molecule has 15 heteroatoms. The Morgan fingerprint density at radius 3 is 2.56 bits per heavy atom. The van der Waals surface area contributed by atoms with Crippen LogP contribution in [0.25, 0.3) is 0 Å². The van der Waals surface area contributed by atoms with E-state index in [9.17, 15) is 24.5 Å². The van der Waals surface area contributed by atoms with Crippen molar-refractivity contribution in [3.05, 3.63) is 4.91 Å². The zero-order valence-corrected chi connectivity index (χ0v) is 20.4. The van der Waals surface area contributed by atoms with Gasteiger partial charge in [-0.05, 0) is 31.9 Å². The third-order valence-electron chi connectivity index (χ3n) is 5.70. The van der Waals surface area contributed by atoms with Gasteiger partial charge in [0.05, 0.1) is 16.7 Å². The number of rotatable bonds is 10. The molecule has 0 bridgehead atoms. The molecule has 2 rings (SSSR count). The van der Waals surface area contributed by atoms with Crippen LogP contribution in [0.5, 0.6) is 0 Å². The van der Waals surface area contributed by atoms with Gasteiger partial charge < -0.3 is 30.1 Å². The topological polar surface area (TPSA) is 178 Å². The van der Waals surface area contributed by atoms with Gasteiger partial charge in [0.25, 0.3) is 0 Å². The van der Waals surface area contributed by atoms with E-state index in [2.05, 4.69) is 15.1 Å². The normalized spacial score (nSPS) is 35.4. The summed E-state index contributed by atoms with van der Waals surface area (Å²) in [6, 6.07) is -1.78. The van der Waals surface area contributed by atoms with Crippen LogP contribution < -0.4 is 5.32 Å². The van der Waals surface area contributed by atoms with Gasteiger partial charge in [-0.15, -0.1) is 28.3 Å². The second kappa shape index (κ2) is 11.8. The molecule has 0 spiro atoms. The third-order valence-corrected chi connectivity index (χ3v) is 7.33. The first-order valence-electron chi connectivity index (χ1n) is 10.3. The molecule has 0 saturated carbocycles. The van der Waals surface area contributed by atoms with Crippen molar-refractivity contribution in [2.45, 2.75) is 80.4 Å². The lowest BCUT2D eigenvalue weighted by atomic mass is 9.92. The van der Waals surface area contributed by atoms with Crippen LogP contribution in [-0.4, -0.2) is 91.0 Å². The van der Waals surface area contributed by atoms with E-state index >= 15 is 0 Å². The highest BCUT2D eigenvalue weighted by molar-refractivity contribution is 7.99. The van der Waals surface area contributed by atoms with Crippen LogP contribution in [0.4, 0.5) is 0 Å². The fourth-order valence-electron chi connectivity index (χ4n) is 4.19. The number of amides is 1. The molecular weight excluding hydrogens is 489 g/mol. The summed E-state index contributed by atoms with van der Waals surface area (Å²) in [4.78, 5) is 42.4. The summed E-state index contributed by atoms with van der Waals surface area (Å²) in [5, 5.41) is 27.2. The summed E-state index contributed by atoms with van der Waals surface area (Å²) in [5.74, 6) is -0.370. The Morgan fingerprint density at radius 1 is 1.41 bits per heavy atom. The molecule has 2 saturated heterocycles. The predicted molar refractivity (Wildman–Crippen MR) is 118 cm³/mol. The molecule has 2 aliphatic rings. The molecule has 32 heavy (non-hydrogen) atoms. The van der Waals surface area contributed by atoms with E-state index in [4.69, 9.17) is 26.1 Å². The number of hydrogen-bond acceptors (Lipinski definition) is 9. The first kappa shape index (κ1) is 27.7. The van der Waals surface area contributed by atoms with Gasteiger partial charge in [-0.25, -0.2) is 9.57 Å². The second-order valence-electron chi connectivity index (χ2n) is 8.07. The lowest BCUT2D eigenvalue weighted by Crippen LogP contribution is -2.65. The lowest BCUT2D eigenvalue weighted by molar-refractivity contribution is -0.201. The number of halogens is 1. The molecule has 2 fully saturated rings. The van der Waals surface area contributed by atoms with Crippen LogP contribution in [0.1, 0.15) is 33.1 Å². The van der Waals surface area contributed by atoms with E-state index in [1.165, 1.54) is 5.01 Å². The van der Waals surface area contributed by atoms with Gasteiger partial charge in [-0.2, -0.15) is 0 Å². The van der Waals surface area contributed by atoms with Crippen molar-refractivity contribution in [2.24, 2.45) is 11.2 Å². The van der Waals surface area contributed by atoms with Crippen LogP contribution in [0.3, 0.4) is 0 Å². The number of nitrogens with one attached hydrogen (secondary N) is 1. The van der Waals surface area contributed by atoms with Gasteiger partial charge in [-0.3, -0.25) is 9.32 Å². The molecule has 2 heterocycles. The second-order valence-corrected chi connectivity index (χ2v) is 10.9. The number of carbonyl (C=O) groups is 1. The largest absolute Gasteiger partial charge is 0.470 e. The minimum absolute atomic E-state index is 0.144. The summed E-state index contributed by atoms with van der Waals surface area (Å²) < 4.78 is 21.6. The standard InChI is InChI=1S/C17H31ClN3O9PS/c1-4-5-9-6-10(21(7-9)20-25)16(24)19-11(8(2)18)14-12(22)13(23)15(17(29-14)32-3)30-31(26,27)28/h8-15,17,22-23H,4-7H2,1-3H3,(H,19,24)(H2,26,27,28). The van der Waals surface area contributed by atoms with Gasteiger partial charge in [-0.1, -0.05) is 13.3 Å². The van der Waals surface area contributed by atoms with Crippen molar-refractivity contribution in [3.63, 3.8) is 0 Å². The minimum atomic E-state index is -4.98. The fraction of sp³-hybridized carbons (Fsp3) is 0.941. The number of alkyl halides is 1. The van der Waals surface area contributed by atoms with Crippen LogP contribution in [0.15, 0.2) is 5.29 Å². The van der Waals surface area contributed by atoms with Crippen LogP contribution in [-0.2, 0) is 18.6 Å². The highest BCUT2D eigenvalue weighted by atomic mass is 35.5. The highest BCUT2D eigenvalue weighted by Gasteiger charge is 2.51. The molecule has 5 N–H and O–H groups in total. The van der Waals surface area contributed by atoms with Crippen LogP contribution in [0, 0.1) is 10.8 Å². The van der Waals surface area contributed by atoms with E-state index in [0.717, 1.165) is 24.6 Å². The van der Waals surface area contributed by atoms with Crippen molar-refractivity contribution >= 4 is 37.1 Å². The molecule has 9 unspecified atom stereocenters. The molecule has 0 aromatic carbocycles. The summed E-state index contributed by atoms with van der Waals surface area (Å²) in [5.41, 5.74) is -1.06. The average Bonchev–Trinajstić information content (AvgIpc) is 3.12. The number of nitroso groups, excluding NO2 is 1. The lowest BCUT2D eigenvalue weighted by Gasteiger charge is -2.45. The van der Waals surface area contributed by atoms with Crippen molar-refractivity contribution < 1.29 is 38.6 Å². The number of ether oxygens (including phenoxy) is 1. The average molecular weight is 520 g/mol. The zero-order chi connectivity index (χ0) is 24.2. The highest BCUT2D eigenvalue weighted by Crippen LogP contribution is 2.43. The quantitative estimate of drug-likeness (QED) is 0.155. The first-order chi connectivity index (χ1) is 14.9. The zero-order valence-electron chi connectivity index (χ0n) is 18.0.